The van der Waals surface area contributed by atoms with Gasteiger partial charge in [0.05, 0.1) is 40.9 Å². The van der Waals surface area contributed by atoms with E-state index in [0.29, 0.717) is 11.3 Å². The smallest absolute Gasteiger partial charge is 0.338 e. The molecule has 3 heterocycles. The first-order valence-electron chi connectivity index (χ1n) is 8.36. The molecule has 6 nitrogen and oxygen atoms in total. The lowest BCUT2D eigenvalue weighted by Gasteiger charge is -2.25. The van der Waals surface area contributed by atoms with Crippen molar-refractivity contribution in [3.63, 3.8) is 0 Å². The molecule has 25 heavy (non-hydrogen) atoms. The third-order valence-corrected chi connectivity index (χ3v) is 5.34. The van der Waals surface area contributed by atoms with Crippen LogP contribution in [0.25, 0.3) is 0 Å². The zero-order valence-corrected chi connectivity index (χ0v) is 14.3. The molecule has 0 unspecified atom stereocenters. The number of fused-ring (bicyclic) bond motifs is 5. The van der Waals surface area contributed by atoms with Crippen LogP contribution < -0.4 is 4.90 Å². The van der Waals surface area contributed by atoms with E-state index in [2.05, 4.69) is 0 Å². The lowest BCUT2D eigenvalue weighted by molar-refractivity contribution is -0.128. The molecule has 2 bridgehead atoms. The lowest BCUT2D eigenvalue weighted by Crippen LogP contribution is -2.39. The molecule has 4 atom stereocenters. The second kappa shape index (κ2) is 5.02. The van der Waals surface area contributed by atoms with Crippen LogP contribution in [-0.2, 0) is 19.1 Å². The third kappa shape index (κ3) is 2.03. The SMILES string of the molecule is CCOC(=O)c1cccc(N2C(=O)[C@@H]3[C@@H](C2=O)[C@@]2(C)C=C[C@@]3(C)O2)c1. The van der Waals surface area contributed by atoms with Crippen LogP contribution in [0.4, 0.5) is 5.69 Å². The van der Waals surface area contributed by atoms with Crippen molar-refractivity contribution in [2.45, 2.75) is 32.0 Å². The third-order valence-electron chi connectivity index (χ3n) is 5.34. The van der Waals surface area contributed by atoms with Crippen molar-refractivity contribution in [3.05, 3.63) is 42.0 Å². The first kappa shape index (κ1) is 16.0. The Bertz CT molecular complexity index is 795. The van der Waals surface area contributed by atoms with E-state index in [-0.39, 0.29) is 18.4 Å². The fourth-order valence-corrected chi connectivity index (χ4v) is 4.27. The van der Waals surface area contributed by atoms with E-state index in [1.807, 2.05) is 26.0 Å². The van der Waals surface area contributed by atoms with Crippen LogP contribution in [0.15, 0.2) is 36.4 Å². The van der Waals surface area contributed by atoms with Gasteiger partial charge in [0, 0.05) is 0 Å². The number of amides is 2. The van der Waals surface area contributed by atoms with Crippen molar-refractivity contribution in [2.75, 3.05) is 11.5 Å². The van der Waals surface area contributed by atoms with Crippen LogP contribution in [0.3, 0.4) is 0 Å². The first-order chi connectivity index (χ1) is 11.8. The molecule has 1 aromatic rings. The molecule has 3 aliphatic heterocycles. The normalized spacial score (nSPS) is 35.4. The minimum Gasteiger partial charge on any atom is -0.462 e. The Labute approximate surface area is 145 Å². The topological polar surface area (TPSA) is 72.9 Å². The Morgan fingerprint density at radius 1 is 1.16 bits per heavy atom. The minimum absolute atomic E-state index is 0.258. The van der Waals surface area contributed by atoms with Crippen molar-refractivity contribution >= 4 is 23.5 Å². The number of carbonyl (C=O) groups is 3. The van der Waals surface area contributed by atoms with Crippen LogP contribution in [0.2, 0.25) is 0 Å². The van der Waals surface area contributed by atoms with Gasteiger partial charge in [-0.05, 0) is 39.0 Å². The van der Waals surface area contributed by atoms with E-state index in [0.717, 1.165) is 0 Å². The molecule has 130 valence electrons. The van der Waals surface area contributed by atoms with E-state index in [4.69, 9.17) is 9.47 Å². The Morgan fingerprint density at radius 2 is 1.76 bits per heavy atom. The maximum Gasteiger partial charge on any atom is 0.338 e. The van der Waals surface area contributed by atoms with Gasteiger partial charge in [0.15, 0.2) is 0 Å². The number of rotatable bonds is 3. The molecular formula is C19H19NO5. The highest BCUT2D eigenvalue weighted by molar-refractivity contribution is 6.23. The van der Waals surface area contributed by atoms with E-state index < -0.39 is 29.0 Å². The second-order valence-corrected chi connectivity index (χ2v) is 7.04. The monoisotopic (exact) mass is 341 g/mol. The molecule has 2 saturated heterocycles. The summed E-state index contributed by atoms with van der Waals surface area (Å²) in [4.78, 5) is 39.2. The minimum atomic E-state index is -0.764. The summed E-state index contributed by atoms with van der Waals surface area (Å²) in [5, 5.41) is 0. The van der Waals surface area contributed by atoms with Crippen LogP contribution in [0.5, 0.6) is 0 Å². The van der Waals surface area contributed by atoms with Gasteiger partial charge >= 0.3 is 5.97 Å². The summed E-state index contributed by atoms with van der Waals surface area (Å²) in [6.07, 6.45) is 3.75. The summed E-state index contributed by atoms with van der Waals surface area (Å²) in [5.41, 5.74) is -0.826. The van der Waals surface area contributed by atoms with Crippen LogP contribution in [0, 0.1) is 11.8 Å². The second-order valence-electron chi connectivity index (χ2n) is 7.04. The summed E-state index contributed by atoms with van der Waals surface area (Å²) >= 11 is 0. The Morgan fingerprint density at radius 3 is 2.32 bits per heavy atom. The summed E-state index contributed by atoms with van der Waals surface area (Å²) < 4.78 is 11.0. The summed E-state index contributed by atoms with van der Waals surface area (Å²) in [6.45, 7) is 5.65. The zero-order chi connectivity index (χ0) is 18.0. The maximum absolute atomic E-state index is 13.0. The van der Waals surface area contributed by atoms with Gasteiger partial charge in [0.2, 0.25) is 11.8 Å². The van der Waals surface area contributed by atoms with E-state index >= 15 is 0 Å². The number of esters is 1. The molecular weight excluding hydrogens is 322 g/mol. The van der Waals surface area contributed by atoms with Crippen molar-refractivity contribution in [3.8, 4) is 0 Å². The first-order valence-corrected chi connectivity index (χ1v) is 8.36. The van der Waals surface area contributed by atoms with Gasteiger partial charge in [-0.2, -0.15) is 0 Å². The molecule has 0 spiro atoms. The van der Waals surface area contributed by atoms with Gasteiger partial charge < -0.3 is 9.47 Å². The number of nitrogens with zero attached hydrogens (tertiary/aromatic N) is 1. The van der Waals surface area contributed by atoms with Crippen LogP contribution in [0.1, 0.15) is 31.1 Å². The number of hydrogen-bond acceptors (Lipinski definition) is 5. The average molecular weight is 341 g/mol. The average Bonchev–Trinajstić information content (AvgIpc) is 3.12. The largest absolute Gasteiger partial charge is 0.462 e. The van der Waals surface area contributed by atoms with Crippen LogP contribution >= 0.6 is 0 Å². The van der Waals surface area contributed by atoms with Gasteiger partial charge in [0.1, 0.15) is 0 Å². The predicted molar refractivity (Wildman–Crippen MR) is 88.9 cm³/mol. The predicted octanol–water partition coefficient (Wildman–Crippen LogP) is 2.09. The van der Waals surface area contributed by atoms with Gasteiger partial charge in [-0.15, -0.1) is 0 Å². The van der Waals surface area contributed by atoms with Gasteiger partial charge in [-0.25, -0.2) is 9.69 Å². The van der Waals surface area contributed by atoms with E-state index in [1.165, 1.54) is 11.0 Å². The highest BCUT2D eigenvalue weighted by Crippen LogP contribution is 2.57. The molecule has 0 aliphatic carbocycles. The van der Waals surface area contributed by atoms with Crippen molar-refractivity contribution in [2.24, 2.45) is 11.8 Å². The summed E-state index contributed by atoms with van der Waals surface area (Å²) in [7, 11) is 0. The molecule has 6 heteroatoms. The van der Waals surface area contributed by atoms with Crippen LogP contribution in [-0.4, -0.2) is 35.6 Å². The van der Waals surface area contributed by atoms with E-state index in [1.54, 1.807) is 25.1 Å². The highest BCUT2D eigenvalue weighted by Gasteiger charge is 2.70. The Balaban J connectivity index is 1.72. The van der Waals surface area contributed by atoms with Crippen molar-refractivity contribution < 1.29 is 23.9 Å². The molecule has 4 rings (SSSR count). The number of imide groups is 1. The maximum atomic E-state index is 13.0. The molecule has 0 radical (unpaired) electrons. The molecule has 1 aromatic carbocycles. The van der Waals surface area contributed by atoms with Crippen molar-refractivity contribution in [1.82, 2.24) is 0 Å². The number of ether oxygens (including phenoxy) is 2. The molecule has 0 saturated carbocycles. The fraction of sp³-hybridized carbons (Fsp3) is 0.421. The quantitative estimate of drug-likeness (QED) is 0.478. The number of carbonyl (C=O) groups excluding carboxylic acids is 3. The zero-order valence-electron chi connectivity index (χ0n) is 14.3. The van der Waals surface area contributed by atoms with Crippen molar-refractivity contribution in [1.29, 1.82) is 0 Å². The Hall–Kier alpha value is -2.47. The Kier molecular flexibility index (Phi) is 3.22. The molecule has 0 N–H and O–H groups in total. The van der Waals surface area contributed by atoms with Gasteiger partial charge in [-0.1, -0.05) is 18.2 Å². The summed E-state index contributed by atoms with van der Waals surface area (Å²) in [5.74, 6) is -2.13. The standard InChI is InChI=1S/C19H19NO5/c1-4-24-17(23)11-6-5-7-12(10-11)20-15(21)13-14(16(20)22)19(3)9-8-18(13,2)25-19/h5-10,13-14H,4H2,1-3H3/t13-,14-,18+,19+/m0/s1. The number of hydrogen-bond donors (Lipinski definition) is 0. The highest BCUT2D eigenvalue weighted by atomic mass is 16.5. The lowest BCUT2D eigenvalue weighted by atomic mass is 9.73. The molecule has 2 fully saturated rings. The molecule has 0 aromatic heterocycles. The van der Waals surface area contributed by atoms with E-state index in [9.17, 15) is 14.4 Å². The van der Waals surface area contributed by atoms with Gasteiger partial charge in [-0.3, -0.25) is 9.59 Å². The molecule has 3 aliphatic rings. The number of benzene rings is 1. The number of anilines is 1. The summed E-state index contributed by atoms with van der Waals surface area (Å²) in [6, 6.07) is 6.42. The molecule has 2 amide bonds. The fourth-order valence-electron chi connectivity index (χ4n) is 4.27. The van der Waals surface area contributed by atoms with Gasteiger partial charge in [0.25, 0.3) is 0 Å².